The smallest absolute Gasteiger partial charge is 0.256 e. The van der Waals surface area contributed by atoms with Crippen molar-refractivity contribution in [1.82, 2.24) is 4.90 Å². The van der Waals surface area contributed by atoms with Crippen LogP contribution in [0.25, 0.3) is 6.08 Å². The van der Waals surface area contributed by atoms with Crippen molar-refractivity contribution >= 4 is 23.4 Å². The van der Waals surface area contributed by atoms with Gasteiger partial charge in [-0.05, 0) is 42.8 Å². The molecule has 2 heterocycles. The Balaban J connectivity index is 1.45. The second kappa shape index (κ2) is 12.5. The van der Waals surface area contributed by atoms with E-state index in [9.17, 15) is 4.79 Å². The molecular weight excluding hydrogens is 442 g/mol. The molecule has 2 aliphatic rings. The number of allylic oxidation sites excluding steroid dienone is 2. The third kappa shape index (κ3) is 6.94. The maximum Gasteiger partial charge on any atom is 0.256 e. The summed E-state index contributed by atoms with van der Waals surface area (Å²) in [5, 5.41) is 3.10. The van der Waals surface area contributed by atoms with Gasteiger partial charge in [-0.1, -0.05) is 30.9 Å². The van der Waals surface area contributed by atoms with E-state index in [0.717, 1.165) is 74.2 Å². The van der Waals surface area contributed by atoms with Gasteiger partial charge in [-0.2, -0.15) is 0 Å². The molecule has 186 valence electrons. The van der Waals surface area contributed by atoms with Gasteiger partial charge in [-0.3, -0.25) is 9.69 Å². The van der Waals surface area contributed by atoms with Gasteiger partial charge in [0, 0.05) is 55.2 Å². The maximum absolute atomic E-state index is 13.3. The summed E-state index contributed by atoms with van der Waals surface area (Å²) in [5.74, 6) is 0.636. The first-order chi connectivity index (χ1) is 17.1. The van der Waals surface area contributed by atoms with Crippen LogP contribution in [-0.2, 0) is 9.47 Å². The van der Waals surface area contributed by atoms with Gasteiger partial charge in [0.25, 0.3) is 5.91 Å². The third-order valence-corrected chi connectivity index (χ3v) is 6.31. The first kappa shape index (κ1) is 25.0. The van der Waals surface area contributed by atoms with Crippen LogP contribution >= 0.6 is 0 Å². The Morgan fingerprint density at radius 1 is 1.06 bits per heavy atom. The van der Waals surface area contributed by atoms with Gasteiger partial charge in [-0.25, -0.2) is 0 Å². The topological polar surface area (TPSA) is 63.3 Å². The molecule has 0 aromatic heterocycles. The average molecular weight is 478 g/mol. The van der Waals surface area contributed by atoms with Gasteiger partial charge in [0.05, 0.1) is 26.4 Å². The number of hydrogen-bond acceptors (Lipinski definition) is 6. The molecule has 7 nitrogen and oxygen atoms in total. The van der Waals surface area contributed by atoms with Crippen LogP contribution in [0.15, 0.2) is 55.1 Å². The van der Waals surface area contributed by atoms with Crippen LogP contribution in [0.4, 0.5) is 11.4 Å². The monoisotopic (exact) mass is 477 g/mol. The number of carbonyl (C=O) groups excluding carboxylic acids is 1. The van der Waals surface area contributed by atoms with Crippen molar-refractivity contribution in [3.63, 3.8) is 0 Å². The fraction of sp³-hybridized carbons (Fsp3) is 0.393. The molecule has 4 rings (SSSR count). The van der Waals surface area contributed by atoms with Gasteiger partial charge < -0.3 is 24.4 Å². The minimum atomic E-state index is -0.133. The highest BCUT2D eigenvalue weighted by Crippen LogP contribution is 2.26. The second-order valence-electron chi connectivity index (χ2n) is 8.70. The first-order valence-electron chi connectivity index (χ1n) is 12.2. The summed E-state index contributed by atoms with van der Waals surface area (Å²) < 4.78 is 16.9. The number of anilines is 2. The van der Waals surface area contributed by atoms with Crippen molar-refractivity contribution in [3.8, 4) is 5.75 Å². The van der Waals surface area contributed by atoms with E-state index < -0.39 is 0 Å². The van der Waals surface area contributed by atoms with Gasteiger partial charge in [-0.15, -0.1) is 0 Å². The number of benzene rings is 2. The molecule has 0 aliphatic carbocycles. The molecular formula is C28H35N3O4. The van der Waals surface area contributed by atoms with E-state index in [1.54, 1.807) is 6.08 Å². The summed E-state index contributed by atoms with van der Waals surface area (Å²) in [6, 6.07) is 11.8. The summed E-state index contributed by atoms with van der Waals surface area (Å²) in [5.41, 5.74) is 4.23. The number of morpholine rings is 2. The minimum Gasteiger partial charge on any atom is -0.492 e. The van der Waals surface area contributed by atoms with E-state index in [1.807, 2.05) is 49.4 Å². The van der Waals surface area contributed by atoms with Crippen LogP contribution in [0.5, 0.6) is 5.75 Å². The maximum atomic E-state index is 13.3. The number of nitrogens with zero attached hydrogens (tertiary/aromatic N) is 2. The number of ether oxygens (including phenoxy) is 3. The molecule has 0 unspecified atom stereocenters. The molecule has 0 saturated carbocycles. The Kier molecular flexibility index (Phi) is 8.95. The summed E-state index contributed by atoms with van der Waals surface area (Å²) in [7, 11) is 0. The quantitative estimate of drug-likeness (QED) is 0.551. The molecule has 2 saturated heterocycles. The van der Waals surface area contributed by atoms with E-state index in [0.29, 0.717) is 25.4 Å². The van der Waals surface area contributed by atoms with Crippen molar-refractivity contribution in [1.29, 1.82) is 0 Å². The molecule has 1 amide bonds. The average Bonchev–Trinajstić information content (AvgIpc) is 2.90. The van der Waals surface area contributed by atoms with Gasteiger partial charge in [0.2, 0.25) is 0 Å². The highest BCUT2D eigenvalue weighted by Gasteiger charge is 2.17. The Morgan fingerprint density at radius 2 is 1.80 bits per heavy atom. The predicted molar refractivity (Wildman–Crippen MR) is 141 cm³/mol. The Labute approximate surface area is 208 Å². The van der Waals surface area contributed by atoms with Gasteiger partial charge >= 0.3 is 0 Å². The number of hydrogen-bond donors (Lipinski definition) is 1. The van der Waals surface area contributed by atoms with Crippen molar-refractivity contribution in [2.45, 2.75) is 6.92 Å². The van der Waals surface area contributed by atoms with Crippen LogP contribution in [0.2, 0.25) is 0 Å². The number of aryl methyl sites for hydroxylation is 1. The van der Waals surface area contributed by atoms with E-state index in [4.69, 9.17) is 14.2 Å². The summed E-state index contributed by atoms with van der Waals surface area (Å²) in [6.45, 7) is 13.7. The zero-order chi connectivity index (χ0) is 24.5. The molecule has 0 radical (unpaired) electrons. The third-order valence-electron chi connectivity index (χ3n) is 6.31. The minimum absolute atomic E-state index is 0.133. The molecule has 7 heteroatoms. The summed E-state index contributed by atoms with van der Waals surface area (Å²) in [4.78, 5) is 17.9. The zero-order valence-electron chi connectivity index (χ0n) is 20.5. The highest BCUT2D eigenvalue weighted by molar-refractivity contribution is 6.06. The fourth-order valence-electron chi connectivity index (χ4n) is 4.23. The summed E-state index contributed by atoms with van der Waals surface area (Å²) >= 11 is 0. The predicted octanol–water partition coefficient (Wildman–Crippen LogP) is 3.99. The lowest BCUT2D eigenvalue weighted by Crippen LogP contribution is -2.38. The molecule has 2 aromatic carbocycles. The first-order valence-corrected chi connectivity index (χ1v) is 12.2. The molecule has 0 spiro atoms. The molecule has 2 fully saturated rings. The summed E-state index contributed by atoms with van der Waals surface area (Å²) in [6.07, 6.45) is 5.49. The van der Waals surface area contributed by atoms with Gasteiger partial charge in [0.15, 0.2) is 0 Å². The lowest BCUT2D eigenvalue weighted by Gasteiger charge is -2.29. The normalized spacial score (nSPS) is 16.9. The molecule has 2 aliphatic heterocycles. The second-order valence-corrected chi connectivity index (χ2v) is 8.70. The fourth-order valence-corrected chi connectivity index (χ4v) is 4.23. The lowest BCUT2D eigenvalue weighted by atomic mass is 10.1. The van der Waals surface area contributed by atoms with Crippen LogP contribution < -0.4 is 15.0 Å². The van der Waals surface area contributed by atoms with Crippen molar-refractivity contribution in [2.75, 3.05) is 76.0 Å². The van der Waals surface area contributed by atoms with Crippen LogP contribution in [0, 0.1) is 6.92 Å². The molecule has 35 heavy (non-hydrogen) atoms. The number of rotatable bonds is 9. The number of amides is 1. The number of carbonyl (C=O) groups is 1. The standard InChI is InChI=1S/C28H35N3O4/c1-3-4-5-23-20-25(35-19-12-30-10-15-33-16-11-30)8-9-27(23)29-28(32)26-21-24(7-6-22(26)2)31-13-17-34-18-14-31/h3-9,20-21H,1,10-19H2,2H3,(H,29,32). The zero-order valence-corrected chi connectivity index (χ0v) is 20.5. The van der Waals surface area contributed by atoms with Crippen LogP contribution in [-0.4, -0.2) is 76.6 Å². The molecule has 1 N–H and O–H groups in total. The van der Waals surface area contributed by atoms with Crippen molar-refractivity contribution < 1.29 is 19.0 Å². The van der Waals surface area contributed by atoms with E-state index >= 15 is 0 Å². The Hall–Kier alpha value is -3.13. The van der Waals surface area contributed by atoms with Crippen LogP contribution in [0.3, 0.4) is 0 Å². The number of nitrogens with one attached hydrogen (secondary N) is 1. The van der Waals surface area contributed by atoms with E-state index in [2.05, 4.69) is 27.8 Å². The van der Waals surface area contributed by atoms with Crippen molar-refractivity contribution in [2.24, 2.45) is 0 Å². The van der Waals surface area contributed by atoms with E-state index in [-0.39, 0.29) is 5.91 Å². The SMILES string of the molecule is C=CC=Cc1cc(OCCN2CCOCC2)ccc1NC(=O)c1cc(N2CCOCC2)ccc1C. The van der Waals surface area contributed by atoms with E-state index in [1.165, 1.54) is 0 Å². The highest BCUT2D eigenvalue weighted by atomic mass is 16.5. The van der Waals surface area contributed by atoms with Crippen molar-refractivity contribution in [3.05, 3.63) is 71.8 Å². The molecule has 0 bridgehead atoms. The molecule has 2 aromatic rings. The molecule has 0 atom stereocenters. The Morgan fingerprint density at radius 3 is 2.54 bits per heavy atom. The largest absolute Gasteiger partial charge is 0.492 e. The van der Waals surface area contributed by atoms with Gasteiger partial charge in [0.1, 0.15) is 12.4 Å². The lowest BCUT2D eigenvalue weighted by molar-refractivity contribution is 0.0322. The van der Waals surface area contributed by atoms with Crippen LogP contribution in [0.1, 0.15) is 21.5 Å². The Bertz CT molecular complexity index is 1040.